The first kappa shape index (κ1) is 16.7. The van der Waals surface area contributed by atoms with Crippen molar-refractivity contribution in [1.29, 1.82) is 0 Å². The van der Waals surface area contributed by atoms with Crippen LogP contribution in [0, 0.1) is 5.92 Å². The first-order valence-electron chi connectivity index (χ1n) is 9.99. The second kappa shape index (κ2) is 6.13. The van der Waals surface area contributed by atoms with E-state index in [4.69, 9.17) is 4.74 Å². The Morgan fingerprint density at radius 3 is 2.41 bits per heavy atom. The van der Waals surface area contributed by atoms with E-state index in [-0.39, 0.29) is 23.8 Å². The topological polar surface area (TPSA) is 42.4 Å². The molecule has 0 unspecified atom stereocenters. The number of anilines is 1. The molecule has 0 radical (unpaired) electrons. The lowest BCUT2D eigenvalue weighted by Gasteiger charge is -2.24. The molecule has 142 valence electrons. The van der Waals surface area contributed by atoms with Gasteiger partial charge in [-0.3, -0.25) is 9.78 Å². The quantitative estimate of drug-likeness (QED) is 0.640. The molecule has 4 heterocycles. The SMILES string of the molecule is O=C1[C@H]2[C@@H](c3ccncc3)[C@H]3C=C[C@]2(CN1c1ccc(-c2ccccc2)cc1)O3. The highest BCUT2D eigenvalue weighted by Crippen LogP contribution is 2.56. The molecular weight excluding hydrogens is 360 g/mol. The Labute approximate surface area is 169 Å². The summed E-state index contributed by atoms with van der Waals surface area (Å²) >= 11 is 0. The Morgan fingerprint density at radius 1 is 0.931 bits per heavy atom. The average Bonchev–Trinajstić information content (AvgIpc) is 3.43. The van der Waals surface area contributed by atoms with E-state index in [1.807, 2.05) is 47.4 Å². The summed E-state index contributed by atoms with van der Waals surface area (Å²) in [5.74, 6) is 0.00363. The third kappa shape index (κ3) is 2.42. The highest BCUT2D eigenvalue weighted by molar-refractivity contribution is 6.00. The van der Waals surface area contributed by atoms with Crippen molar-refractivity contribution in [2.45, 2.75) is 17.6 Å². The van der Waals surface area contributed by atoms with Gasteiger partial charge in [-0.05, 0) is 41.0 Å². The third-order valence-electron chi connectivity index (χ3n) is 6.48. The fourth-order valence-electron chi connectivity index (χ4n) is 5.15. The van der Waals surface area contributed by atoms with Crippen LogP contribution in [0.4, 0.5) is 5.69 Å². The number of pyridine rings is 1. The van der Waals surface area contributed by atoms with Crippen LogP contribution in [0.2, 0.25) is 0 Å². The molecule has 1 amide bonds. The zero-order valence-corrected chi connectivity index (χ0v) is 15.8. The monoisotopic (exact) mass is 380 g/mol. The highest BCUT2D eigenvalue weighted by atomic mass is 16.5. The van der Waals surface area contributed by atoms with Crippen LogP contribution in [-0.2, 0) is 9.53 Å². The van der Waals surface area contributed by atoms with E-state index in [0.29, 0.717) is 6.54 Å². The summed E-state index contributed by atoms with van der Waals surface area (Å²) in [4.78, 5) is 19.5. The number of carbonyl (C=O) groups excluding carboxylic acids is 1. The van der Waals surface area contributed by atoms with Gasteiger partial charge < -0.3 is 9.64 Å². The smallest absolute Gasteiger partial charge is 0.234 e. The van der Waals surface area contributed by atoms with E-state index in [1.54, 1.807) is 12.4 Å². The van der Waals surface area contributed by atoms with Gasteiger partial charge in [0.1, 0.15) is 5.60 Å². The van der Waals surface area contributed by atoms with Gasteiger partial charge in [0.05, 0.1) is 18.6 Å². The summed E-state index contributed by atoms with van der Waals surface area (Å²) in [5.41, 5.74) is 3.84. The molecule has 4 nitrogen and oxygen atoms in total. The van der Waals surface area contributed by atoms with Gasteiger partial charge in [-0.25, -0.2) is 0 Å². The van der Waals surface area contributed by atoms with Crippen molar-refractivity contribution in [3.8, 4) is 11.1 Å². The molecule has 2 aromatic carbocycles. The molecular formula is C25H20N2O2. The molecule has 3 aromatic rings. The number of hydrogen-bond acceptors (Lipinski definition) is 3. The number of ether oxygens (including phenoxy) is 1. The van der Waals surface area contributed by atoms with Gasteiger partial charge in [-0.2, -0.15) is 0 Å². The molecule has 1 spiro atoms. The maximum Gasteiger partial charge on any atom is 0.234 e. The van der Waals surface area contributed by atoms with Crippen LogP contribution < -0.4 is 4.90 Å². The Kier molecular flexibility index (Phi) is 3.53. The van der Waals surface area contributed by atoms with E-state index in [1.165, 1.54) is 5.56 Å². The molecule has 0 aliphatic carbocycles. The summed E-state index contributed by atoms with van der Waals surface area (Å²) in [5, 5.41) is 0. The first-order valence-corrected chi connectivity index (χ1v) is 9.99. The van der Waals surface area contributed by atoms with E-state index >= 15 is 0 Å². The van der Waals surface area contributed by atoms with Crippen LogP contribution in [0.5, 0.6) is 0 Å². The molecule has 0 saturated carbocycles. The minimum absolute atomic E-state index is 0.0334. The molecule has 3 aliphatic rings. The molecule has 3 aliphatic heterocycles. The molecule has 2 saturated heterocycles. The molecule has 6 rings (SSSR count). The highest BCUT2D eigenvalue weighted by Gasteiger charge is 2.65. The maximum absolute atomic E-state index is 13.5. The molecule has 2 bridgehead atoms. The lowest BCUT2D eigenvalue weighted by molar-refractivity contribution is -0.121. The predicted octanol–water partition coefficient (Wildman–Crippen LogP) is 4.20. The largest absolute Gasteiger partial charge is 0.360 e. The summed E-state index contributed by atoms with van der Waals surface area (Å²) in [6.07, 6.45) is 7.77. The Balaban J connectivity index is 1.33. The number of aromatic nitrogens is 1. The van der Waals surface area contributed by atoms with E-state index < -0.39 is 5.60 Å². The Bertz CT molecular complexity index is 1090. The van der Waals surface area contributed by atoms with Crippen molar-refractivity contribution in [2.24, 2.45) is 5.92 Å². The second-order valence-corrected chi connectivity index (χ2v) is 8.02. The molecule has 1 aromatic heterocycles. The fourth-order valence-corrected chi connectivity index (χ4v) is 5.15. The van der Waals surface area contributed by atoms with Gasteiger partial charge in [0.15, 0.2) is 0 Å². The van der Waals surface area contributed by atoms with Crippen molar-refractivity contribution in [2.75, 3.05) is 11.4 Å². The van der Waals surface area contributed by atoms with Gasteiger partial charge >= 0.3 is 0 Å². The molecule has 4 heteroatoms. The molecule has 0 N–H and O–H groups in total. The number of rotatable bonds is 3. The summed E-state index contributed by atoms with van der Waals surface area (Å²) in [7, 11) is 0. The zero-order valence-electron chi connectivity index (χ0n) is 15.8. The van der Waals surface area contributed by atoms with Crippen LogP contribution in [0.3, 0.4) is 0 Å². The van der Waals surface area contributed by atoms with Crippen molar-refractivity contribution in [3.63, 3.8) is 0 Å². The van der Waals surface area contributed by atoms with E-state index in [0.717, 1.165) is 16.8 Å². The van der Waals surface area contributed by atoms with E-state index in [9.17, 15) is 4.79 Å². The van der Waals surface area contributed by atoms with Gasteiger partial charge in [0, 0.05) is 24.0 Å². The minimum Gasteiger partial charge on any atom is -0.360 e. The summed E-state index contributed by atoms with van der Waals surface area (Å²) in [6.45, 7) is 0.565. The second-order valence-electron chi connectivity index (χ2n) is 8.02. The summed E-state index contributed by atoms with van der Waals surface area (Å²) in [6, 6.07) is 22.5. The average molecular weight is 380 g/mol. The number of nitrogens with zero attached hydrogens (tertiary/aromatic N) is 2. The molecule has 29 heavy (non-hydrogen) atoms. The van der Waals surface area contributed by atoms with Crippen LogP contribution in [0.1, 0.15) is 11.5 Å². The number of benzene rings is 2. The first-order chi connectivity index (χ1) is 14.3. The van der Waals surface area contributed by atoms with Crippen LogP contribution in [0.15, 0.2) is 91.3 Å². The van der Waals surface area contributed by atoms with Crippen molar-refractivity contribution in [3.05, 3.63) is 96.8 Å². The van der Waals surface area contributed by atoms with Crippen molar-refractivity contribution >= 4 is 11.6 Å². The number of hydrogen-bond donors (Lipinski definition) is 0. The predicted molar refractivity (Wildman–Crippen MR) is 111 cm³/mol. The number of fused-ring (bicyclic) bond motifs is 1. The molecule has 4 atom stereocenters. The number of amides is 1. The lowest BCUT2D eigenvalue weighted by atomic mass is 9.74. The normalized spacial score (nSPS) is 29.4. The van der Waals surface area contributed by atoms with Gasteiger partial charge in [0.25, 0.3) is 0 Å². The van der Waals surface area contributed by atoms with Crippen LogP contribution in [0.25, 0.3) is 11.1 Å². The standard InChI is InChI=1S/C25H20N2O2/c28-24-23-22(19-11-14-26-15-12-19)21-10-13-25(23,29-21)16-27(24)20-8-6-18(7-9-20)17-4-2-1-3-5-17/h1-15,21-23H,16H2/t21-,22+,23-,25-/m1/s1. The third-order valence-corrected chi connectivity index (χ3v) is 6.48. The van der Waals surface area contributed by atoms with E-state index in [2.05, 4.69) is 41.4 Å². The number of carbonyl (C=O) groups is 1. The van der Waals surface area contributed by atoms with Gasteiger partial charge in [0.2, 0.25) is 5.91 Å². The Hall–Kier alpha value is -3.24. The maximum atomic E-state index is 13.5. The van der Waals surface area contributed by atoms with Crippen molar-refractivity contribution in [1.82, 2.24) is 4.98 Å². The van der Waals surface area contributed by atoms with Gasteiger partial charge in [-0.1, -0.05) is 54.6 Å². The lowest BCUT2D eigenvalue weighted by Crippen LogP contribution is -2.34. The molecule has 2 fully saturated rings. The van der Waals surface area contributed by atoms with Crippen LogP contribution in [-0.4, -0.2) is 29.1 Å². The zero-order chi connectivity index (χ0) is 19.4. The minimum atomic E-state index is -0.520. The van der Waals surface area contributed by atoms with Crippen LogP contribution >= 0.6 is 0 Å². The fraction of sp³-hybridized carbons (Fsp3) is 0.200. The summed E-state index contributed by atoms with van der Waals surface area (Å²) < 4.78 is 6.37. The Morgan fingerprint density at radius 2 is 1.66 bits per heavy atom. The van der Waals surface area contributed by atoms with Crippen molar-refractivity contribution < 1.29 is 9.53 Å². The van der Waals surface area contributed by atoms with Gasteiger partial charge in [-0.15, -0.1) is 0 Å².